The summed E-state index contributed by atoms with van der Waals surface area (Å²) in [4.78, 5) is 16.8. The Kier molecular flexibility index (Phi) is 9.26. The smallest absolute Gasteiger partial charge is 0.344 e. The van der Waals surface area contributed by atoms with Crippen LogP contribution < -0.4 is 4.74 Å². The van der Waals surface area contributed by atoms with E-state index in [9.17, 15) is 9.36 Å². The summed E-state index contributed by atoms with van der Waals surface area (Å²) in [6, 6.07) is 4.23. The number of hydrogen-bond donors (Lipinski definition) is 0. The third kappa shape index (κ3) is 7.43. The normalized spacial score (nSPS) is 12.3. The summed E-state index contributed by atoms with van der Waals surface area (Å²) in [5, 5.41) is 0. The molecule has 2 rings (SSSR count). The first kappa shape index (κ1) is 25.5. The zero-order valence-corrected chi connectivity index (χ0v) is 21.0. The van der Waals surface area contributed by atoms with Crippen LogP contribution in [0.15, 0.2) is 16.5 Å². The Hall–Kier alpha value is -1.71. The molecule has 0 N–H and O–H groups in total. The highest BCUT2D eigenvalue weighted by atomic mass is 31.2. The molecule has 0 saturated carbocycles. The largest absolute Gasteiger partial charge is 0.467 e. The second-order valence-corrected chi connectivity index (χ2v) is 15.6. The predicted molar refractivity (Wildman–Crippen MR) is 120 cm³/mol. The van der Waals surface area contributed by atoms with Gasteiger partial charge in [-0.05, 0) is 32.0 Å². The van der Waals surface area contributed by atoms with Crippen LogP contribution in [0.2, 0.25) is 25.7 Å². The molecule has 1 aromatic carbocycles. The van der Waals surface area contributed by atoms with E-state index in [1.807, 2.05) is 0 Å². The van der Waals surface area contributed by atoms with E-state index in [2.05, 4.69) is 24.6 Å². The van der Waals surface area contributed by atoms with Crippen LogP contribution in [0.3, 0.4) is 0 Å². The number of rotatable bonds is 13. The summed E-state index contributed by atoms with van der Waals surface area (Å²) >= 11 is 0. The van der Waals surface area contributed by atoms with Crippen LogP contribution in [0, 0.1) is 0 Å². The van der Waals surface area contributed by atoms with Crippen LogP contribution in [0.1, 0.15) is 30.1 Å². The van der Waals surface area contributed by atoms with E-state index in [1.54, 1.807) is 26.0 Å². The number of nitrogens with zero attached hydrogens (tertiary/aromatic N) is 1. The first-order chi connectivity index (χ1) is 14.6. The number of hydrogen-bond acceptors (Lipinski definition) is 9. The van der Waals surface area contributed by atoms with Gasteiger partial charge in [0.2, 0.25) is 5.89 Å². The van der Waals surface area contributed by atoms with Crippen LogP contribution >= 0.6 is 7.60 Å². The number of methoxy groups -OCH3 is 1. The van der Waals surface area contributed by atoms with E-state index in [-0.39, 0.29) is 48.9 Å². The van der Waals surface area contributed by atoms with Crippen molar-refractivity contribution in [1.82, 2.24) is 4.98 Å². The van der Waals surface area contributed by atoms with E-state index in [0.29, 0.717) is 12.2 Å². The SMILES string of the molecule is CCOP(=O)(Cc1nc2c(C(=O)OC)c(OCOCC[Si](C)(C)C)ccc2o1)OCC. The lowest BCUT2D eigenvalue weighted by Gasteiger charge is -2.16. The molecule has 0 saturated heterocycles. The molecule has 0 atom stereocenters. The number of ether oxygens (including phenoxy) is 3. The van der Waals surface area contributed by atoms with Crippen LogP contribution in [0.4, 0.5) is 0 Å². The van der Waals surface area contributed by atoms with Crippen LogP contribution in [-0.4, -0.2) is 52.8 Å². The van der Waals surface area contributed by atoms with Crippen molar-refractivity contribution in [3.63, 3.8) is 0 Å². The van der Waals surface area contributed by atoms with Gasteiger partial charge in [0.25, 0.3) is 0 Å². The molecule has 0 aliphatic heterocycles. The van der Waals surface area contributed by atoms with Crippen molar-refractivity contribution in [3.8, 4) is 5.75 Å². The van der Waals surface area contributed by atoms with Gasteiger partial charge < -0.3 is 27.7 Å². The number of carbonyl (C=O) groups is 1. The Morgan fingerprint density at radius 2 is 1.84 bits per heavy atom. The topological polar surface area (TPSA) is 106 Å². The lowest BCUT2D eigenvalue weighted by molar-refractivity contribution is 0.0208. The predicted octanol–water partition coefficient (Wildman–Crippen LogP) is 5.07. The Morgan fingerprint density at radius 1 is 1.16 bits per heavy atom. The monoisotopic (exact) mass is 473 g/mol. The molecule has 0 bridgehead atoms. The molecule has 9 nitrogen and oxygen atoms in total. The second kappa shape index (κ2) is 11.2. The molecule has 0 radical (unpaired) electrons. The zero-order valence-electron chi connectivity index (χ0n) is 19.1. The molecule has 0 spiro atoms. The van der Waals surface area contributed by atoms with Gasteiger partial charge in [0.15, 0.2) is 12.4 Å². The third-order valence-electron chi connectivity index (χ3n) is 4.23. The van der Waals surface area contributed by atoms with Gasteiger partial charge in [0, 0.05) is 14.7 Å². The van der Waals surface area contributed by atoms with Crippen molar-refractivity contribution in [2.45, 2.75) is 45.7 Å². The van der Waals surface area contributed by atoms with E-state index >= 15 is 0 Å². The molecule has 0 aliphatic carbocycles. The molecule has 11 heteroatoms. The van der Waals surface area contributed by atoms with E-state index < -0.39 is 21.6 Å². The second-order valence-electron chi connectivity index (χ2n) is 7.97. The van der Waals surface area contributed by atoms with Gasteiger partial charge in [-0.1, -0.05) is 19.6 Å². The maximum Gasteiger partial charge on any atom is 0.344 e. The fourth-order valence-electron chi connectivity index (χ4n) is 2.74. The lowest BCUT2D eigenvalue weighted by Crippen LogP contribution is -2.22. The number of oxazole rings is 1. The minimum atomic E-state index is -3.41. The molecule has 31 heavy (non-hydrogen) atoms. The molecule has 1 aromatic heterocycles. The third-order valence-corrected chi connectivity index (χ3v) is 7.90. The van der Waals surface area contributed by atoms with E-state index in [4.69, 9.17) is 27.7 Å². The fourth-order valence-corrected chi connectivity index (χ4v) is 5.01. The fraction of sp³-hybridized carbons (Fsp3) is 0.600. The van der Waals surface area contributed by atoms with Crippen molar-refractivity contribution < 1.29 is 37.0 Å². The van der Waals surface area contributed by atoms with E-state index in [1.165, 1.54) is 7.11 Å². The summed E-state index contributed by atoms with van der Waals surface area (Å²) in [6.45, 7) is 11.3. The average Bonchev–Trinajstić information content (AvgIpc) is 3.08. The first-order valence-electron chi connectivity index (χ1n) is 10.2. The van der Waals surface area contributed by atoms with Crippen molar-refractivity contribution in [1.29, 1.82) is 0 Å². The Labute approximate surface area is 183 Å². The van der Waals surface area contributed by atoms with Crippen molar-refractivity contribution >= 4 is 32.7 Å². The number of benzene rings is 1. The molecule has 2 aromatic rings. The Bertz CT molecular complexity index is 914. The highest BCUT2D eigenvalue weighted by Gasteiger charge is 2.29. The minimum Gasteiger partial charge on any atom is -0.467 e. The Balaban J connectivity index is 2.26. The average molecular weight is 474 g/mol. The highest BCUT2D eigenvalue weighted by Crippen LogP contribution is 2.51. The molecule has 0 aliphatic rings. The maximum atomic E-state index is 12.8. The first-order valence-corrected chi connectivity index (χ1v) is 15.7. The molecular weight excluding hydrogens is 441 g/mol. The number of carbonyl (C=O) groups excluding carboxylic acids is 1. The van der Waals surface area contributed by atoms with Crippen molar-refractivity contribution in [2.24, 2.45) is 0 Å². The van der Waals surface area contributed by atoms with Gasteiger partial charge in [0.05, 0.1) is 20.3 Å². The summed E-state index contributed by atoms with van der Waals surface area (Å²) in [7, 11) is -3.35. The van der Waals surface area contributed by atoms with Gasteiger partial charge in [-0.3, -0.25) is 4.57 Å². The summed E-state index contributed by atoms with van der Waals surface area (Å²) in [6.07, 6.45) is -0.153. The van der Waals surface area contributed by atoms with Crippen molar-refractivity contribution in [3.05, 3.63) is 23.6 Å². The summed E-state index contributed by atoms with van der Waals surface area (Å²) in [5.41, 5.74) is 0.703. The van der Waals surface area contributed by atoms with Gasteiger partial charge in [0.1, 0.15) is 23.0 Å². The van der Waals surface area contributed by atoms with Gasteiger partial charge >= 0.3 is 13.6 Å². The van der Waals surface area contributed by atoms with Gasteiger partial charge in [-0.15, -0.1) is 0 Å². The molecule has 0 unspecified atom stereocenters. The maximum absolute atomic E-state index is 12.8. The molecule has 0 amide bonds. The van der Waals surface area contributed by atoms with Gasteiger partial charge in [-0.2, -0.15) is 0 Å². The standard InChI is InChI=1S/C20H32NO8PSi/c1-7-27-30(23,28-8-2)13-17-21-19-16(29-17)10-9-15(18(19)20(22)24-3)26-14-25-11-12-31(4,5)6/h9-10H,7-8,11-14H2,1-6H3. The van der Waals surface area contributed by atoms with Crippen LogP contribution in [0.25, 0.3) is 11.1 Å². The quantitative estimate of drug-likeness (QED) is 0.129. The molecule has 174 valence electrons. The minimum absolute atomic E-state index is 0.00539. The molecule has 1 heterocycles. The number of fused-ring (bicyclic) bond motifs is 1. The summed E-state index contributed by atoms with van der Waals surface area (Å²) < 4.78 is 45.2. The molecule has 0 fully saturated rings. The van der Waals surface area contributed by atoms with Gasteiger partial charge in [-0.25, -0.2) is 9.78 Å². The Morgan fingerprint density at radius 3 is 2.42 bits per heavy atom. The van der Waals surface area contributed by atoms with Crippen LogP contribution in [0.5, 0.6) is 5.75 Å². The lowest BCUT2D eigenvalue weighted by atomic mass is 10.1. The molecular formula is C20H32NO8PSi. The van der Waals surface area contributed by atoms with E-state index in [0.717, 1.165) is 6.04 Å². The number of esters is 1. The highest BCUT2D eigenvalue weighted by molar-refractivity contribution is 7.52. The zero-order chi connectivity index (χ0) is 23.1. The van der Waals surface area contributed by atoms with Crippen molar-refractivity contribution in [2.75, 3.05) is 33.7 Å². The number of aromatic nitrogens is 1. The van der Waals surface area contributed by atoms with Crippen LogP contribution in [-0.2, 0) is 29.2 Å². The summed E-state index contributed by atoms with van der Waals surface area (Å²) in [5.74, 6) is -0.223.